The summed E-state index contributed by atoms with van der Waals surface area (Å²) >= 11 is 1.64. The first-order valence-corrected chi connectivity index (χ1v) is 11.8. The highest BCUT2D eigenvalue weighted by Gasteiger charge is 2.54. The van der Waals surface area contributed by atoms with Crippen LogP contribution in [-0.4, -0.2) is 39.6 Å². The third-order valence-electron chi connectivity index (χ3n) is 6.26. The van der Waals surface area contributed by atoms with Gasteiger partial charge in [0, 0.05) is 34.0 Å². The van der Waals surface area contributed by atoms with Gasteiger partial charge in [-0.3, -0.25) is 9.89 Å². The highest BCUT2D eigenvalue weighted by atomic mass is 32.2. The quantitative estimate of drug-likeness (QED) is 0.321. The number of benzene rings is 1. The summed E-state index contributed by atoms with van der Waals surface area (Å²) < 4.78 is 0. The Bertz CT molecular complexity index is 1070. The van der Waals surface area contributed by atoms with E-state index >= 15 is 0 Å². The number of thioether (sulfide) groups is 1. The van der Waals surface area contributed by atoms with Crippen LogP contribution in [0, 0.1) is 17.4 Å². The molecule has 2 atom stereocenters. The first-order valence-electron chi connectivity index (χ1n) is 11.0. The smallest absolute Gasteiger partial charge is 0.272 e. The number of nitrogens with one attached hydrogen (secondary N) is 2. The molecule has 2 fully saturated rings. The van der Waals surface area contributed by atoms with Crippen molar-refractivity contribution < 1.29 is 4.79 Å². The topological polar surface area (TPSA) is 111 Å². The minimum Gasteiger partial charge on any atom is -0.404 e. The number of fused-ring (bicyclic) bond motifs is 1. The van der Waals surface area contributed by atoms with Gasteiger partial charge in [0.2, 0.25) is 0 Å². The second-order valence-electron chi connectivity index (χ2n) is 8.35. The lowest BCUT2D eigenvalue weighted by Crippen LogP contribution is -2.60. The number of hydrogen-bond acceptors (Lipinski definition) is 6. The fraction of sp³-hybridized carbons (Fsp3) is 0.375. The SMILES string of the molecule is CCC/C=C(Sc1ccccc1)\C(=C/N)c1cc(C(=O)N[C@]23CCC2CN(C#N)C3)n[nH]1. The van der Waals surface area contributed by atoms with E-state index in [1.54, 1.807) is 28.9 Å². The molecule has 1 unspecified atom stereocenters. The zero-order chi connectivity index (χ0) is 22.6. The molecule has 1 saturated heterocycles. The Morgan fingerprint density at radius 2 is 2.28 bits per heavy atom. The number of amides is 1. The van der Waals surface area contributed by atoms with Gasteiger partial charge in [-0.1, -0.05) is 49.4 Å². The number of allylic oxidation sites excluding steroid dienone is 2. The molecule has 1 aliphatic carbocycles. The third-order valence-corrected chi connectivity index (χ3v) is 7.37. The van der Waals surface area contributed by atoms with Crippen LogP contribution >= 0.6 is 11.8 Å². The van der Waals surface area contributed by atoms with Crippen LogP contribution < -0.4 is 11.1 Å². The highest BCUT2D eigenvalue weighted by Crippen LogP contribution is 2.44. The van der Waals surface area contributed by atoms with Gasteiger partial charge in [0.15, 0.2) is 11.9 Å². The number of rotatable bonds is 8. The van der Waals surface area contributed by atoms with Gasteiger partial charge in [-0.25, -0.2) is 0 Å². The number of carbonyl (C=O) groups is 1. The Morgan fingerprint density at radius 1 is 1.47 bits per heavy atom. The van der Waals surface area contributed by atoms with E-state index < -0.39 is 0 Å². The molecule has 1 aliphatic heterocycles. The Hall–Kier alpha value is -3.18. The minimum absolute atomic E-state index is 0.219. The van der Waals surface area contributed by atoms with E-state index in [9.17, 15) is 10.1 Å². The van der Waals surface area contributed by atoms with Crippen molar-refractivity contribution in [1.82, 2.24) is 20.4 Å². The fourth-order valence-corrected chi connectivity index (χ4v) is 5.43. The zero-order valence-electron chi connectivity index (χ0n) is 18.2. The summed E-state index contributed by atoms with van der Waals surface area (Å²) in [7, 11) is 0. The standard InChI is InChI=1S/C24H28N6OS/c1-2-3-9-22(32-18-7-5-4-6-8-18)19(13-25)20-12-21(29-28-20)23(31)27-24-11-10-17(24)14-30(15-24)16-26/h4-9,12-13,17H,2-3,10-11,14-15,25H2,1H3,(H,27,31)(H,28,29)/b19-13-,22-9+/t17?,24-/m0/s1. The maximum absolute atomic E-state index is 13.0. The van der Waals surface area contributed by atoms with Crippen LogP contribution in [0.1, 0.15) is 48.8 Å². The average Bonchev–Trinajstić information content (AvgIpc) is 3.37. The number of carbonyl (C=O) groups excluding carboxylic acids is 1. The molecule has 1 amide bonds. The molecule has 166 valence electrons. The number of unbranched alkanes of at least 4 members (excludes halogenated alkanes) is 1. The van der Waals surface area contributed by atoms with Gasteiger partial charge in [-0.05, 0) is 37.5 Å². The predicted octanol–water partition coefficient (Wildman–Crippen LogP) is 3.86. The number of nitriles is 1. The van der Waals surface area contributed by atoms with Crippen LogP contribution in [0.2, 0.25) is 0 Å². The van der Waals surface area contributed by atoms with Gasteiger partial charge in [0.05, 0.1) is 17.8 Å². The first-order chi connectivity index (χ1) is 15.6. The summed E-state index contributed by atoms with van der Waals surface area (Å²) in [5.74, 6) is 0.109. The number of H-pyrrole nitrogens is 1. The summed E-state index contributed by atoms with van der Waals surface area (Å²) in [6, 6.07) is 11.9. The summed E-state index contributed by atoms with van der Waals surface area (Å²) in [5.41, 5.74) is 7.56. The van der Waals surface area contributed by atoms with Gasteiger partial charge in [-0.15, -0.1) is 0 Å². The second kappa shape index (κ2) is 9.53. The number of aromatic amines is 1. The molecule has 4 rings (SSSR count). The van der Waals surface area contributed by atoms with Crippen LogP contribution in [0.25, 0.3) is 5.57 Å². The lowest BCUT2D eigenvalue weighted by molar-refractivity contribution is 0.0757. The summed E-state index contributed by atoms with van der Waals surface area (Å²) in [4.78, 5) is 16.8. The molecule has 8 heteroatoms. The van der Waals surface area contributed by atoms with Gasteiger partial charge in [0.25, 0.3) is 5.91 Å². The third kappa shape index (κ3) is 4.39. The van der Waals surface area contributed by atoms with Crippen molar-refractivity contribution in [2.75, 3.05) is 13.1 Å². The van der Waals surface area contributed by atoms with Crippen molar-refractivity contribution in [1.29, 1.82) is 5.26 Å². The monoisotopic (exact) mass is 448 g/mol. The largest absolute Gasteiger partial charge is 0.404 e. The number of likely N-dealkylation sites (tertiary alicyclic amines) is 1. The van der Waals surface area contributed by atoms with Crippen LogP contribution in [0.15, 0.2) is 58.5 Å². The molecule has 0 bridgehead atoms. The molecule has 2 heterocycles. The van der Waals surface area contributed by atoms with Crippen LogP contribution in [0.5, 0.6) is 0 Å². The van der Waals surface area contributed by atoms with Crippen molar-refractivity contribution in [3.8, 4) is 6.19 Å². The van der Waals surface area contributed by atoms with E-state index in [-0.39, 0.29) is 11.4 Å². The van der Waals surface area contributed by atoms with Gasteiger partial charge < -0.3 is 16.0 Å². The zero-order valence-corrected chi connectivity index (χ0v) is 19.0. The molecule has 1 aromatic carbocycles. The Labute approximate surface area is 192 Å². The predicted molar refractivity (Wildman–Crippen MR) is 126 cm³/mol. The van der Waals surface area contributed by atoms with Crippen LogP contribution in [-0.2, 0) is 0 Å². The van der Waals surface area contributed by atoms with Gasteiger partial charge in [-0.2, -0.15) is 10.4 Å². The fourth-order valence-electron chi connectivity index (χ4n) is 4.39. The van der Waals surface area contributed by atoms with Crippen molar-refractivity contribution in [2.24, 2.45) is 11.7 Å². The molecule has 0 radical (unpaired) electrons. The van der Waals surface area contributed by atoms with E-state index in [1.165, 1.54) is 0 Å². The Morgan fingerprint density at radius 3 is 2.94 bits per heavy atom. The molecule has 7 nitrogen and oxygen atoms in total. The van der Waals surface area contributed by atoms with Crippen molar-refractivity contribution >= 4 is 23.2 Å². The van der Waals surface area contributed by atoms with Gasteiger partial charge >= 0.3 is 0 Å². The van der Waals surface area contributed by atoms with Crippen molar-refractivity contribution in [3.05, 3.63) is 65.0 Å². The van der Waals surface area contributed by atoms with Crippen molar-refractivity contribution in [2.45, 2.75) is 43.0 Å². The maximum atomic E-state index is 13.0. The molecule has 0 spiro atoms. The van der Waals surface area contributed by atoms with E-state index in [0.717, 1.165) is 41.1 Å². The molecular weight excluding hydrogens is 420 g/mol. The average molecular weight is 449 g/mol. The lowest BCUT2D eigenvalue weighted by Gasteiger charge is -2.44. The Balaban J connectivity index is 1.51. The number of aromatic nitrogens is 2. The highest BCUT2D eigenvalue weighted by molar-refractivity contribution is 8.03. The first kappa shape index (κ1) is 22.0. The molecular formula is C24H28N6OS. The molecule has 2 aliphatic rings. The minimum atomic E-state index is -0.312. The molecule has 1 saturated carbocycles. The van der Waals surface area contributed by atoms with Crippen molar-refractivity contribution in [3.63, 3.8) is 0 Å². The van der Waals surface area contributed by atoms with E-state index in [4.69, 9.17) is 5.73 Å². The van der Waals surface area contributed by atoms with E-state index in [1.807, 2.05) is 18.2 Å². The van der Waals surface area contributed by atoms with E-state index in [2.05, 4.69) is 46.8 Å². The van der Waals surface area contributed by atoms with Crippen LogP contribution in [0.3, 0.4) is 0 Å². The van der Waals surface area contributed by atoms with Crippen LogP contribution in [0.4, 0.5) is 0 Å². The van der Waals surface area contributed by atoms with E-state index in [0.29, 0.717) is 30.4 Å². The number of nitrogens with two attached hydrogens (primary N) is 1. The summed E-state index contributed by atoms with van der Waals surface area (Å²) in [6.45, 7) is 3.42. The number of nitrogens with zero attached hydrogens (tertiary/aromatic N) is 3. The normalized spacial score (nSPS) is 22.8. The summed E-state index contributed by atoms with van der Waals surface area (Å²) in [6.07, 6.45) is 9.82. The summed E-state index contributed by atoms with van der Waals surface area (Å²) in [5, 5.41) is 19.6. The Kier molecular flexibility index (Phi) is 6.56. The molecule has 4 N–H and O–H groups in total. The second-order valence-corrected chi connectivity index (χ2v) is 9.46. The lowest BCUT2D eigenvalue weighted by atomic mass is 9.69. The molecule has 32 heavy (non-hydrogen) atoms. The maximum Gasteiger partial charge on any atom is 0.272 e. The molecule has 1 aromatic heterocycles. The van der Waals surface area contributed by atoms with Gasteiger partial charge in [0.1, 0.15) is 0 Å². The molecule has 2 aromatic rings. The number of hydrogen-bond donors (Lipinski definition) is 3.